The van der Waals surface area contributed by atoms with Gasteiger partial charge in [0, 0.05) is 19.9 Å². The van der Waals surface area contributed by atoms with Gasteiger partial charge in [-0.3, -0.25) is 0 Å². The predicted molar refractivity (Wildman–Crippen MR) is 87.1 cm³/mol. The lowest BCUT2D eigenvalue weighted by atomic mass is 9.99. The summed E-state index contributed by atoms with van der Waals surface area (Å²) in [6, 6.07) is 11.1. The van der Waals surface area contributed by atoms with Crippen LogP contribution in [0.25, 0.3) is 0 Å². The number of hydrogen-bond acceptors (Lipinski definition) is 2. The van der Waals surface area contributed by atoms with Crippen LogP contribution in [-0.2, 0) is 12.8 Å². The molecule has 0 aliphatic heterocycles. The molecular formula is C16H18BrNS. The monoisotopic (exact) mass is 335 g/mol. The summed E-state index contributed by atoms with van der Waals surface area (Å²) >= 11 is 5.59. The molecule has 0 saturated carbocycles. The van der Waals surface area contributed by atoms with Crippen molar-refractivity contribution in [3.05, 3.63) is 50.1 Å². The molecule has 0 spiro atoms. The van der Waals surface area contributed by atoms with E-state index in [0.717, 1.165) is 4.47 Å². The van der Waals surface area contributed by atoms with Gasteiger partial charge in [-0.05, 0) is 72.3 Å². The van der Waals surface area contributed by atoms with Crippen molar-refractivity contribution < 1.29 is 0 Å². The number of hydrogen-bond donors (Lipinski definition) is 1. The van der Waals surface area contributed by atoms with Crippen LogP contribution >= 0.6 is 27.3 Å². The van der Waals surface area contributed by atoms with E-state index in [-0.39, 0.29) is 0 Å². The van der Waals surface area contributed by atoms with Gasteiger partial charge in [-0.1, -0.05) is 12.1 Å². The highest BCUT2D eigenvalue weighted by Gasteiger charge is 2.16. The Balaban J connectivity index is 1.79. The molecule has 3 heteroatoms. The lowest BCUT2D eigenvalue weighted by Gasteiger charge is -2.14. The highest BCUT2D eigenvalue weighted by atomic mass is 79.9. The summed E-state index contributed by atoms with van der Waals surface area (Å²) in [4.78, 5) is 3.07. The molecule has 1 aromatic carbocycles. The standard InChI is InChI=1S/C16H18BrNS/c1-11(18-14-8-4-3-7-13(14)17)16-10-12-6-2-5-9-15(12)19-16/h3-4,7-8,10-11,18H,2,5-6,9H2,1H3. The second-order valence-electron chi connectivity index (χ2n) is 5.15. The van der Waals surface area contributed by atoms with Gasteiger partial charge >= 0.3 is 0 Å². The molecule has 1 aliphatic rings. The largest absolute Gasteiger partial charge is 0.377 e. The quantitative estimate of drug-likeness (QED) is 0.773. The number of anilines is 1. The number of nitrogens with one attached hydrogen (secondary N) is 1. The number of benzene rings is 1. The number of para-hydroxylation sites is 1. The highest BCUT2D eigenvalue weighted by molar-refractivity contribution is 9.10. The molecule has 1 heterocycles. The zero-order chi connectivity index (χ0) is 13.2. The Hall–Kier alpha value is -0.800. The first-order valence-electron chi connectivity index (χ1n) is 6.86. The van der Waals surface area contributed by atoms with E-state index < -0.39 is 0 Å². The zero-order valence-electron chi connectivity index (χ0n) is 11.1. The molecule has 1 aliphatic carbocycles. The van der Waals surface area contributed by atoms with Crippen LogP contribution in [0.4, 0.5) is 5.69 Å². The second kappa shape index (κ2) is 5.68. The Kier molecular flexibility index (Phi) is 3.94. The molecule has 1 unspecified atom stereocenters. The van der Waals surface area contributed by atoms with Crippen molar-refractivity contribution in [1.82, 2.24) is 0 Å². The van der Waals surface area contributed by atoms with E-state index in [9.17, 15) is 0 Å². The molecule has 1 aromatic heterocycles. The fourth-order valence-electron chi connectivity index (χ4n) is 2.61. The third kappa shape index (κ3) is 2.87. The van der Waals surface area contributed by atoms with Crippen molar-refractivity contribution in [1.29, 1.82) is 0 Å². The van der Waals surface area contributed by atoms with Gasteiger partial charge in [0.15, 0.2) is 0 Å². The number of halogens is 1. The third-order valence-electron chi connectivity index (χ3n) is 3.69. The topological polar surface area (TPSA) is 12.0 Å². The fourth-order valence-corrected chi connectivity index (χ4v) is 4.27. The van der Waals surface area contributed by atoms with Crippen LogP contribution in [0.2, 0.25) is 0 Å². The molecule has 2 aromatic rings. The van der Waals surface area contributed by atoms with E-state index in [4.69, 9.17) is 0 Å². The number of fused-ring (bicyclic) bond motifs is 1. The summed E-state index contributed by atoms with van der Waals surface area (Å²) in [5.41, 5.74) is 2.76. The molecule has 0 bridgehead atoms. The van der Waals surface area contributed by atoms with Crippen LogP contribution < -0.4 is 5.32 Å². The molecule has 100 valence electrons. The van der Waals surface area contributed by atoms with Crippen LogP contribution in [0.1, 0.15) is 41.1 Å². The lowest BCUT2D eigenvalue weighted by molar-refractivity contribution is 0.696. The van der Waals surface area contributed by atoms with Crippen molar-refractivity contribution in [2.75, 3.05) is 5.32 Å². The summed E-state index contributed by atoms with van der Waals surface area (Å²) in [5.74, 6) is 0. The lowest BCUT2D eigenvalue weighted by Crippen LogP contribution is -2.05. The van der Waals surface area contributed by atoms with Gasteiger partial charge < -0.3 is 5.32 Å². The summed E-state index contributed by atoms with van der Waals surface area (Å²) in [6.45, 7) is 2.25. The third-order valence-corrected chi connectivity index (χ3v) is 5.80. The van der Waals surface area contributed by atoms with Gasteiger partial charge in [-0.25, -0.2) is 0 Å². The van der Waals surface area contributed by atoms with E-state index in [1.54, 1.807) is 10.4 Å². The first kappa shape index (κ1) is 13.2. The van der Waals surface area contributed by atoms with E-state index in [2.05, 4.69) is 52.4 Å². The average Bonchev–Trinajstić information content (AvgIpc) is 2.85. The molecule has 0 saturated heterocycles. The molecule has 19 heavy (non-hydrogen) atoms. The van der Waals surface area contributed by atoms with Crippen LogP contribution in [0.3, 0.4) is 0 Å². The molecule has 1 nitrogen and oxygen atoms in total. The first-order chi connectivity index (χ1) is 9.24. The number of aryl methyl sites for hydroxylation is 2. The smallest absolute Gasteiger partial charge is 0.0579 e. The predicted octanol–water partition coefficient (Wildman–Crippen LogP) is 5.56. The van der Waals surface area contributed by atoms with Gasteiger partial charge in [0.1, 0.15) is 0 Å². The van der Waals surface area contributed by atoms with E-state index >= 15 is 0 Å². The Morgan fingerprint density at radius 1 is 1.21 bits per heavy atom. The molecule has 0 radical (unpaired) electrons. The Morgan fingerprint density at radius 2 is 2.00 bits per heavy atom. The van der Waals surface area contributed by atoms with E-state index in [1.165, 1.54) is 36.2 Å². The summed E-state index contributed by atoms with van der Waals surface area (Å²) in [7, 11) is 0. The maximum Gasteiger partial charge on any atom is 0.0579 e. The average molecular weight is 336 g/mol. The fraction of sp³-hybridized carbons (Fsp3) is 0.375. The first-order valence-corrected chi connectivity index (χ1v) is 8.47. The van der Waals surface area contributed by atoms with Gasteiger partial charge in [0.05, 0.1) is 6.04 Å². The highest BCUT2D eigenvalue weighted by Crippen LogP contribution is 2.35. The molecule has 1 N–H and O–H groups in total. The van der Waals surface area contributed by atoms with Gasteiger partial charge in [0.25, 0.3) is 0 Å². The van der Waals surface area contributed by atoms with Crippen LogP contribution in [0.5, 0.6) is 0 Å². The van der Waals surface area contributed by atoms with Crippen molar-refractivity contribution in [3.63, 3.8) is 0 Å². The molecule has 0 fully saturated rings. The molecular weight excluding hydrogens is 318 g/mol. The SMILES string of the molecule is CC(Nc1ccccc1Br)c1cc2c(s1)CCCC2. The van der Waals surface area contributed by atoms with Gasteiger partial charge in [-0.2, -0.15) is 0 Å². The summed E-state index contributed by atoms with van der Waals surface area (Å²) < 4.78 is 1.13. The molecule has 3 rings (SSSR count). The Bertz CT molecular complexity index is 552. The van der Waals surface area contributed by atoms with Crippen molar-refractivity contribution in [2.45, 2.75) is 38.6 Å². The minimum Gasteiger partial charge on any atom is -0.377 e. The Morgan fingerprint density at radius 3 is 2.79 bits per heavy atom. The van der Waals surface area contributed by atoms with E-state index in [1.807, 2.05) is 17.4 Å². The van der Waals surface area contributed by atoms with Gasteiger partial charge in [0.2, 0.25) is 0 Å². The van der Waals surface area contributed by atoms with Crippen molar-refractivity contribution in [3.8, 4) is 0 Å². The van der Waals surface area contributed by atoms with E-state index in [0.29, 0.717) is 6.04 Å². The zero-order valence-corrected chi connectivity index (χ0v) is 13.5. The minimum absolute atomic E-state index is 0.370. The summed E-state index contributed by atoms with van der Waals surface area (Å²) in [6.07, 6.45) is 5.27. The molecule has 0 amide bonds. The maximum absolute atomic E-state index is 3.60. The van der Waals surface area contributed by atoms with Crippen LogP contribution in [0, 0.1) is 0 Å². The minimum atomic E-state index is 0.370. The molecule has 1 atom stereocenters. The Labute approximate surface area is 127 Å². The second-order valence-corrected chi connectivity index (χ2v) is 7.17. The van der Waals surface area contributed by atoms with Crippen molar-refractivity contribution in [2.24, 2.45) is 0 Å². The normalized spacial score (nSPS) is 15.9. The van der Waals surface area contributed by atoms with Crippen molar-refractivity contribution >= 4 is 33.0 Å². The summed E-state index contributed by atoms with van der Waals surface area (Å²) in [5, 5.41) is 3.60. The van der Waals surface area contributed by atoms with Crippen LogP contribution in [0.15, 0.2) is 34.8 Å². The number of rotatable bonds is 3. The van der Waals surface area contributed by atoms with Crippen LogP contribution in [-0.4, -0.2) is 0 Å². The number of thiophene rings is 1. The maximum atomic E-state index is 3.60. The van der Waals surface area contributed by atoms with Gasteiger partial charge in [-0.15, -0.1) is 11.3 Å².